The molecule has 0 atom stereocenters. The van der Waals surface area contributed by atoms with Crippen LogP contribution in [0.5, 0.6) is 0 Å². The van der Waals surface area contributed by atoms with E-state index in [1.165, 1.54) is 15.4 Å². The zero-order chi connectivity index (χ0) is 19.0. The van der Waals surface area contributed by atoms with E-state index in [4.69, 9.17) is 0 Å². The zero-order valence-electron chi connectivity index (χ0n) is 14.6. The smallest absolute Gasteiger partial charge is 0.277 e. The summed E-state index contributed by atoms with van der Waals surface area (Å²) >= 11 is 3.36. The van der Waals surface area contributed by atoms with E-state index in [1.807, 2.05) is 12.1 Å². The molecule has 140 valence electrons. The third-order valence-electron chi connectivity index (χ3n) is 5.06. The summed E-state index contributed by atoms with van der Waals surface area (Å²) in [5.74, 6) is -0.0435. The zero-order valence-corrected chi connectivity index (χ0v) is 16.2. The molecule has 0 spiro atoms. The Hall–Kier alpha value is -2.45. The molecule has 2 aromatic heterocycles. The first kappa shape index (κ1) is 17.9. The number of amides is 1. The van der Waals surface area contributed by atoms with Crippen LogP contribution in [0.2, 0.25) is 0 Å². The van der Waals surface area contributed by atoms with Crippen LogP contribution in [0.1, 0.15) is 23.2 Å². The highest BCUT2D eigenvalue weighted by Gasteiger charge is 2.35. The van der Waals surface area contributed by atoms with Gasteiger partial charge in [0.25, 0.3) is 11.5 Å². The van der Waals surface area contributed by atoms with Crippen molar-refractivity contribution in [3.8, 4) is 0 Å². The van der Waals surface area contributed by atoms with Crippen molar-refractivity contribution >= 4 is 27.4 Å². The number of aliphatic hydroxyl groups is 1. The van der Waals surface area contributed by atoms with E-state index < -0.39 is 5.60 Å². The lowest BCUT2D eigenvalue weighted by molar-refractivity contribution is -0.0300. The summed E-state index contributed by atoms with van der Waals surface area (Å²) in [6.07, 6.45) is 3.98. The monoisotopic (exact) mass is 430 g/mol. The van der Waals surface area contributed by atoms with Gasteiger partial charge in [0.05, 0.1) is 12.1 Å². The van der Waals surface area contributed by atoms with Crippen LogP contribution < -0.4 is 5.56 Å². The summed E-state index contributed by atoms with van der Waals surface area (Å²) in [5, 5.41) is 15.1. The Bertz CT molecular complexity index is 1030. The van der Waals surface area contributed by atoms with Gasteiger partial charge in [-0.25, -0.2) is 4.52 Å². The molecule has 1 N–H and O–H groups in total. The highest BCUT2D eigenvalue weighted by molar-refractivity contribution is 9.10. The number of carbonyl (C=O) groups excluding carboxylic acids is 1. The fraction of sp³-hybridized carbons (Fsp3) is 0.316. The second kappa shape index (κ2) is 6.94. The fourth-order valence-electron chi connectivity index (χ4n) is 3.45. The van der Waals surface area contributed by atoms with E-state index in [0.717, 1.165) is 4.47 Å². The Morgan fingerprint density at radius 2 is 1.89 bits per heavy atom. The van der Waals surface area contributed by atoms with Gasteiger partial charge >= 0.3 is 0 Å². The third-order valence-corrected chi connectivity index (χ3v) is 5.59. The molecule has 3 heterocycles. The Balaban J connectivity index is 1.45. The summed E-state index contributed by atoms with van der Waals surface area (Å²) in [6, 6.07) is 10.7. The minimum Gasteiger partial charge on any atom is -0.388 e. The minimum absolute atomic E-state index is 0.0435. The van der Waals surface area contributed by atoms with Crippen LogP contribution in [0.3, 0.4) is 0 Å². The summed E-state index contributed by atoms with van der Waals surface area (Å²) < 4.78 is 3.88. The average Bonchev–Trinajstić information content (AvgIpc) is 3.14. The molecule has 0 radical (unpaired) electrons. The van der Waals surface area contributed by atoms with Crippen molar-refractivity contribution in [3.05, 3.63) is 69.3 Å². The predicted octanol–water partition coefficient (Wildman–Crippen LogP) is 1.93. The van der Waals surface area contributed by atoms with E-state index in [0.29, 0.717) is 37.0 Å². The molecule has 0 saturated carbocycles. The molecular weight excluding hydrogens is 412 g/mol. The van der Waals surface area contributed by atoms with Gasteiger partial charge in [-0.3, -0.25) is 14.2 Å². The lowest BCUT2D eigenvalue weighted by Crippen LogP contribution is -2.49. The molecule has 0 aliphatic carbocycles. The van der Waals surface area contributed by atoms with Gasteiger partial charge in [0.1, 0.15) is 11.8 Å². The molecule has 1 saturated heterocycles. The number of carbonyl (C=O) groups is 1. The van der Waals surface area contributed by atoms with Crippen molar-refractivity contribution < 1.29 is 9.90 Å². The van der Waals surface area contributed by atoms with Crippen LogP contribution in [0, 0.1) is 0 Å². The second-order valence-corrected chi connectivity index (χ2v) is 7.84. The van der Waals surface area contributed by atoms with Gasteiger partial charge in [-0.2, -0.15) is 5.10 Å². The summed E-state index contributed by atoms with van der Waals surface area (Å²) in [4.78, 5) is 26.9. The van der Waals surface area contributed by atoms with E-state index in [9.17, 15) is 14.7 Å². The number of halogens is 1. The fourth-order valence-corrected chi connectivity index (χ4v) is 3.71. The second-order valence-electron chi connectivity index (χ2n) is 6.93. The first-order valence-electron chi connectivity index (χ1n) is 8.75. The molecule has 1 aliphatic rings. The SMILES string of the molecule is O=C(c1ccc(Br)cc1)N1CCC(O)(Cn2cnn3cccc3c2=O)CC1. The number of hydrogen-bond acceptors (Lipinski definition) is 4. The van der Waals surface area contributed by atoms with Crippen LogP contribution in [0.4, 0.5) is 0 Å². The van der Waals surface area contributed by atoms with Gasteiger partial charge in [-0.1, -0.05) is 15.9 Å². The van der Waals surface area contributed by atoms with E-state index in [1.54, 1.807) is 35.4 Å². The van der Waals surface area contributed by atoms with Gasteiger partial charge in [-0.15, -0.1) is 0 Å². The Kier molecular flexibility index (Phi) is 4.61. The van der Waals surface area contributed by atoms with Crippen LogP contribution in [0.15, 0.2) is 58.2 Å². The number of aromatic nitrogens is 3. The van der Waals surface area contributed by atoms with Gasteiger partial charge in [0, 0.05) is 29.3 Å². The minimum atomic E-state index is -1.03. The molecule has 3 aromatic rings. The van der Waals surface area contributed by atoms with Crippen molar-refractivity contribution in [2.24, 2.45) is 0 Å². The van der Waals surface area contributed by atoms with E-state index >= 15 is 0 Å². The van der Waals surface area contributed by atoms with Crippen LogP contribution in [-0.2, 0) is 6.54 Å². The maximum atomic E-state index is 12.6. The Morgan fingerprint density at radius 1 is 1.19 bits per heavy atom. The molecule has 27 heavy (non-hydrogen) atoms. The number of fused-ring (bicyclic) bond motifs is 1. The standard InChI is InChI=1S/C19H19BrN4O3/c20-15-5-3-14(4-6-15)17(25)22-10-7-19(27,8-11-22)12-23-13-21-24-9-1-2-16(24)18(23)26/h1-6,9,13,27H,7-8,10-12H2. The van der Waals surface area contributed by atoms with Crippen molar-refractivity contribution in [1.82, 2.24) is 19.1 Å². The molecule has 0 bridgehead atoms. The Morgan fingerprint density at radius 3 is 2.59 bits per heavy atom. The molecule has 4 rings (SSSR count). The number of nitrogens with zero attached hydrogens (tertiary/aromatic N) is 4. The summed E-state index contributed by atoms with van der Waals surface area (Å²) in [7, 11) is 0. The highest BCUT2D eigenvalue weighted by Crippen LogP contribution is 2.25. The molecule has 1 amide bonds. The molecule has 8 heteroatoms. The normalized spacial score (nSPS) is 16.6. The number of piperidine rings is 1. The third kappa shape index (κ3) is 3.54. The maximum Gasteiger partial charge on any atom is 0.277 e. The van der Waals surface area contributed by atoms with E-state index in [2.05, 4.69) is 21.0 Å². The lowest BCUT2D eigenvalue weighted by Gasteiger charge is -2.38. The molecule has 1 aromatic carbocycles. The quantitative estimate of drug-likeness (QED) is 0.688. The molecule has 7 nitrogen and oxygen atoms in total. The number of benzene rings is 1. The first-order chi connectivity index (χ1) is 13.0. The average molecular weight is 431 g/mol. The van der Waals surface area contributed by atoms with Crippen molar-refractivity contribution in [1.29, 1.82) is 0 Å². The van der Waals surface area contributed by atoms with Gasteiger partial charge in [-0.05, 0) is 49.2 Å². The lowest BCUT2D eigenvalue weighted by atomic mass is 9.91. The predicted molar refractivity (Wildman–Crippen MR) is 104 cm³/mol. The molecule has 1 fully saturated rings. The van der Waals surface area contributed by atoms with Crippen LogP contribution in [0.25, 0.3) is 5.52 Å². The van der Waals surface area contributed by atoms with Crippen LogP contribution in [-0.4, -0.2) is 48.8 Å². The number of rotatable bonds is 3. The van der Waals surface area contributed by atoms with Gasteiger partial charge in [0.15, 0.2) is 0 Å². The van der Waals surface area contributed by atoms with Crippen molar-refractivity contribution in [3.63, 3.8) is 0 Å². The first-order valence-corrected chi connectivity index (χ1v) is 9.55. The topological polar surface area (TPSA) is 79.8 Å². The number of hydrogen-bond donors (Lipinski definition) is 1. The van der Waals surface area contributed by atoms with E-state index in [-0.39, 0.29) is 18.0 Å². The maximum absolute atomic E-state index is 12.6. The van der Waals surface area contributed by atoms with Crippen LogP contribution >= 0.6 is 15.9 Å². The molecule has 0 unspecified atom stereocenters. The molecule has 1 aliphatic heterocycles. The van der Waals surface area contributed by atoms with Gasteiger partial charge < -0.3 is 10.0 Å². The van der Waals surface area contributed by atoms with Crippen molar-refractivity contribution in [2.45, 2.75) is 25.0 Å². The Labute approximate surface area is 164 Å². The van der Waals surface area contributed by atoms with Gasteiger partial charge in [0.2, 0.25) is 0 Å². The largest absolute Gasteiger partial charge is 0.388 e. The highest BCUT2D eigenvalue weighted by atomic mass is 79.9. The molecular formula is C19H19BrN4O3. The van der Waals surface area contributed by atoms with Crippen molar-refractivity contribution in [2.75, 3.05) is 13.1 Å². The summed E-state index contributed by atoms with van der Waals surface area (Å²) in [6.45, 7) is 1.06. The number of likely N-dealkylation sites (tertiary alicyclic amines) is 1. The summed E-state index contributed by atoms with van der Waals surface area (Å²) in [5.41, 5.74) is -0.115.